The SMILES string of the molecule is COc1cccc2oc(CCc3cccc(N)c3)nc12. The summed E-state index contributed by atoms with van der Waals surface area (Å²) in [6.45, 7) is 0. The molecule has 0 fully saturated rings. The Kier molecular flexibility index (Phi) is 3.29. The molecular weight excluding hydrogens is 252 g/mol. The van der Waals surface area contributed by atoms with Gasteiger partial charge in [-0.05, 0) is 36.2 Å². The molecule has 0 atom stereocenters. The lowest BCUT2D eigenvalue weighted by atomic mass is 10.1. The molecule has 2 N–H and O–H groups in total. The summed E-state index contributed by atoms with van der Waals surface area (Å²) in [5.74, 6) is 1.45. The number of rotatable bonds is 4. The van der Waals surface area contributed by atoms with Gasteiger partial charge in [0.25, 0.3) is 0 Å². The van der Waals surface area contributed by atoms with E-state index in [2.05, 4.69) is 11.1 Å². The van der Waals surface area contributed by atoms with Crippen molar-refractivity contribution < 1.29 is 9.15 Å². The predicted molar refractivity (Wildman–Crippen MR) is 78.8 cm³/mol. The maximum absolute atomic E-state index is 5.77. The molecule has 0 saturated heterocycles. The molecule has 0 bridgehead atoms. The molecule has 2 aromatic carbocycles. The number of methoxy groups -OCH3 is 1. The minimum Gasteiger partial charge on any atom is -0.494 e. The van der Waals surface area contributed by atoms with Crippen molar-refractivity contribution in [3.05, 3.63) is 53.9 Å². The predicted octanol–water partition coefficient (Wildman–Crippen LogP) is 3.20. The molecule has 20 heavy (non-hydrogen) atoms. The second kappa shape index (κ2) is 5.25. The Labute approximate surface area is 117 Å². The third-order valence-corrected chi connectivity index (χ3v) is 3.22. The highest BCUT2D eigenvalue weighted by Crippen LogP contribution is 2.25. The lowest BCUT2D eigenvalue weighted by molar-refractivity contribution is 0.419. The van der Waals surface area contributed by atoms with E-state index in [1.54, 1.807) is 7.11 Å². The number of benzene rings is 2. The molecule has 0 amide bonds. The van der Waals surface area contributed by atoms with E-state index in [9.17, 15) is 0 Å². The number of nitrogens with zero attached hydrogens (tertiary/aromatic N) is 1. The molecular formula is C16H16N2O2. The van der Waals surface area contributed by atoms with Crippen LogP contribution in [0.1, 0.15) is 11.5 Å². The summed E-state index contributed by atoms with van der Waals surface area (Å²) in [6, 6.07) is 13.5. The van der Waals surface area contributed by atoms with Crippen molar-refractivity contribution in [3.63, 3.8) is 0 Å². The van der Waals surface area contributed by atoms with E-state index in [1.165, 1.54) is 5.56 Å². The van der Waals surface area contributed by atoms with Gasteiger partial charge >= 0.3 is 0 Å². The Hall–Kier alpha value is -2.49. The van der Waals surface area contributed by atoms with Crippen LogP contribution in [0.25, 0.3) is 11.1 Å². The summed E-state index contributed by atoms with van der Waals surface area (Å²) < 4.78 is 11.0. The van der Waals surface area contributed by atoms with Gasteiger partial charge in [0.2, 0.25) is 0 Å². The summed E-state index contributed by atoms with van der Waals surface area (Å²) in [4.78, 5) is 4.50. The summed E-state index contributed by atoms with van der Waals surface area (Å²) >= 11 is 0. The number of aromatic nitrogens is 1. The van der Waals surface area contributed by atoms with Crippen LogP contribution in [0, 0.1) is 0 Å². The molecule has 0 unspecified atom stereocenters. The van der Waals surface area contributed by atoms with Gasteiger partial charge in [0.15, 0.2) is 17.0 Å². The van der Waals surface area contributed by atoms with Crippen LogP contribution in [0.5, 0.6) is 5.75 Å². The van der Waals surface area contributed by atoms with Gasteiger partial charge in [-0.1, -0.05) is 18.2 Å². The zero-order chi connectivity index (χ0) is 13.9. The lowest BCUT2D eigenvalue weighted by Gasteiger charge is -1.99. The number of nitrogen functional groups attached to an aromatic ring is 1. The Balaban J connectivity index is 1.81. The smallest absolute Gasteiger partial charge is 0.195 e. The highest BCUT2D eigenvalue weighted by molar-refractivity contribution is 5.79. The molecule has 3 aromatic rings. The molecule has 3 rings (SSSR count). The molecule has 1 heterocycles. The molecule has 1 aromatic heterocycles. The normalized spacial score (nSPS) is 10.8. The first-order valence-electron chi connectivity index (χ1n) is 6.53. The molecule has 0 aliphatic carbocycles. The first-order valence-corrected chi connectivity index (χ1v) is 6.53. The Bertz CT molecular complexity index is 734. The van der Waals surface area contributed by atoms with E-state index in [-0.39, 0.29) is 0 Å². The number of nitrogens with two attached hydrogens (primary N) is 1. The van der Waals surface area contributed by atoms with Crippen molar-refractivity contribution in [2.24, 2.45) is 0 Å². The van der Waals surface area contributed by atoms with Crippen molar-refractivity contribution in [1.82, 2.24) is 4.98 Å². The molecule has 0 radical (unpaired) electrons. The van der Waals surface area contributed by atoms with Crippen molar-refractivity contribution in [2.45, 2.75) is 12.8 Å². The van der Waals surface area contributed by atoms with E-state index in [0.717, 1.165) is 35.4 Å². The largest absolute Gasteiger partial charge is 0.494 e. The highest BCUT2D eigenvalue weighted by atomic mass is 16.5. The van der Waals surface area contributed by atoms with Gasteiger partial charge in [-0.3, -0.25) is 0 Å². The molecule has 4 heteroatoms. The van der Waals surface area contributed by atoms with Crippen molar-refractivity contribution in [3.8, 4) is 5.75 Å². The van der Waals surface area contributed by atoms with Gasteiger partial charge in [-0.25, -0.2) is 4.98 Å². The fraction of sp³-hybridized carbons (Fsp3) is 0.188. The van der Waals surface area contributed by atoms with E-state index in [1.807, 2.05) is 36.4 Å². The number of aryl methyl sites for hydroxylation is 2. The minimum absolute atomic E-state index is 0.715. The third kappa shape index (κ3) is 2.45. The summed E-state index contributed by atoms with van der Waals surface area (Å²) in [6.07, 6.45) is 1.58. The fourth-order valence-electron chi connectivity index (χ4n) is 2.24. The van der Waals surface area contributed by atoms with Gasteiger partial charge in [0.05, 0.1) is 7.11 Å². The van der Waals surface area contributed by atoms with Crippen LogP contribution >= 0.6 is 0 Å². The summed E-state index contributed by atoms with van der Waals surface area (Å²) in [5, 5.41) is 0. The zero-order valence-corrected chi connectivity index (χ0v) is 11.3. The molecule has 0 aliphatic heterocycles. The maximum atomic E-state index is 5.77. The van der Waals surface area contributed by atoms with E-state index >= 15 is 0 Å². The topological polar surface area (TPSA) is 61.3 Å². The number of ether oxygens (including phenoxy) is 1. The first-order chi connectivity index (χ1) is 9.76. The maximum Gasteiger partial charge on any atom is 0.195 e. The quantitative estimate of drug-likeness (QED) is 0.738. The third-order valence-electron chi connectivity index (χ3n) is 3.22. The van der Waals surface area contributed by atoms with Crippen molar-refractivity contribution >= 4 is 16.8 Å². The molecule has 4 nitrogen and oxygen atoms in total. The molecule has 0 saturated carbocycles. The monoisotopic (exact) mass is 268 g/mol. The van der Waals surface area contributed by atoms with E-state index in [0.29, 0.717) is 5.89 Å². The number of oxazole rings is 1. The first kappa shape index (κ1) is 12.5. The van der Waals surface area contributed by atoms with Crippen LogP contribution in [-0.4, -0.2) is 12.1 Å². The highest BCUT2D eigenvalue weighted by Gasteiger charge is 2.10. The molecule has 102 valence electrons. The van der Waals surface area contributed by atoms with Crippen molar-refractivity contribution in [2.75, 3.05) is 12.8 Å². The van der Waals surface area contributed by atoms with E-state index < -0.39 is 0 Å². The Morgan fingerprint density at radius 2 is 2.00 bits per heavy atom. The van der Waals surface area contributed by atoms with Gasteiger partial charge in [-0.15, -0.1) is 0 Å². The number of hydrogen-bond acceptors (Lipinski definition) is 4. The standard InChI is InChI=1S/C16H16N2O2/c1-19-13-6-3-7-14-16(13)18-15(20-14)9-8-11-4-2-5-12(17)10-11/h2-7,10H,8-9,17H2,1H3. The van der Waals surface area contributed by atoms with Gasteiger partial charge in [-0.2, -0.15) is 0 Å². The van der Waals surface area contributed by atoms with Crippen LogP contribution in [0.4, 0.5) is 5.69 Å². The zero-order valence-electron chi connectivity index (χ0n) is 11.3. The average Bonchev–Trinajstić information content (AvgIpc) is 2.88. The Morgan fingerprint density at radius 3 is 2.80 bits per heavy atom. The second-order valence-corrected chi connectivity index (χ2v) is 4.66. The molecule has 0 aliphatic rings. The number of hydrogen-bond donors (Lipinski definition) is 1. The van der Waals surface area contributed by atoms with Crippen molar-refractivity contribution in [1.29, 1.82) is 0 Å². The Morgan fingerprint density at radius 1 is 1.15 bits per heavy atom. The van der Waals surface area contributed by atoms with Gasteiger partial charge in [0.1, 0.15) is 5.75 Å². The van der Waals surface area contributed by atoms with Gasteiger partial charge < -0.3 is 14.9 Å². The molecule has 0 spiro atoms. The van der Waals surface area contributed by atoms with Crippen LogP contribution in [-0.2, 0) is 12.8 Å². The summed E-state index contributed by atoms with van der Waals surface area (Å²) in [7, 11) is 1.63. The van der Waals surface area contributed by atoms with Crippen LogP contribution in [0.3, 0.4) is 0 Å². The number of fused-ring (bicyclic) bond motifs is 1. The van der Waals surface area contributed by atoms with Crippen LogP contribution in [0.15, 0.2) is 46.9 Å². The van der Waals surface area contributed by atoms with Crippen LogP contribution in [0.2, 0.25) is 0 Å². The number of anilines is 1. The number of para-hydroxylation sites is 1. The van der Waals surface area contributed by atoms with Gasteiger partial charge in [0, 0.05) is 12.1 Å². The fourth-order valence-corrected chi connectivity index (χ4v) is 2.24. The summed E-state index contributed by atoms with van der Waals surface area (Å²) in [5.41, 5.74) is 9.26. The van der Waals surface area contributed by atoms with Crippen LogP contribution < -0.4 is 10.5 Å². The second-order valence-electron chi connectivity index (χ2n) is 4.66. The minimum atomic E-state index is 0.715. The van der Waals surface area contributed by atoms with E-state index in [4.69, 9.17) is 14.9 Å². The lowest BCUT2D eigenvalue weighted by Crippen LogP contribution is -1.93. The average molecular weight is 268 g/mol.